The molecule has 0 atom stereocenters. The van der Waals surface area contributed by atoms with E-state index in [4.69, 9.17) is 0 Å². The van der Waals surface area contributed by atoms with Crippen LogP contribution in [-0.2, 0) is 0 Å². The highest BCUT2D eigenvalue weighted by molar-refractivity contribution is 9.10. The molecule has 0 unspecified atom stereocenters. The van der Waals surface area contributed by atoms with Crippen molar-refractivity contribution in [2.75, 3.05) is 26.2 Å². The lowest BCUT2D eigenvalue weighted by molar-refractivity contribution is 0.0951. The number of carbonyl (C=O) groups is 1. The number of likely N-dealkylation sites (tertiary alicyclic amines) is 1. The van der Waals surface area contributed by atoms with Gasteiger partial charge in [-0.1, -0.05) is 28.4 Å². The smallest absolute Gasteiger partial charge is 0.251 e. The van der Waals surface area contributed by atoms with Crippen LogP contribution in [0.3, 0.4) is 0 Å². The first kappa shape index (κ1) is 14.5. The van der Waals surface area contributed by atoms with Crippen molar-refractivity contribution in [1.29, 1.82) is 0 Å². The maximum absolute atomic E-state index is 11.9. The molecule has 1 aromatic rings. The molecule has 0 bridgehead atoms. The van der Waals surface area contributed by atoms with E-state index >= 15 is 0 Å². The quantitative estimate of drug-likeness (QED) is 0.844. The zero-order valence-corrected chi connectivity index (χ0v) is 12.8. The van der Waals surface area contributed by atoms with Gasteiger partial charge in [0.1, 0.15) is 0 Å². The number of amides is 1. The third kappa shape index (κ3) is 4.96. The number of nitrogens with one attached hydrogen (secondary N) is 1. The van der Waals surface area contributed by atoms with Gasteiger partial charge in [-0.3, -0.25) is 4.79 Å². The molecule has 0 aliphatic carbocycles. The Hall–Kier alpha value is -0.870. The van der Waals surface area contributed by atoms with Crippen LogP contribution in [-0.4, -0.2) is 37.0 Å². The van der Waals surface area contributed by atoms with Gasteiger partial charge in [0.2, 0.25) is 0 Å². The van der Waals surface area contributed by atoms with E-state index in [0.717, 1.165) is 24.0 Å². The van der Waals surface area contributed by atoms with Gasteiger partial charge in [-0.05, 0) is 57.1 Å². The third-order valence-corrected chi connectivity index (χ3v) is 3.97. The maximum atomic E-state index is 11.9. The molecule has 19 heavy (non-hydrogen) atoms. The highest BCUT2D eigenvalue weighted by atomic mass is 79.9. The number of piperidine rings is 1. The summed E-state index contributed by atoms with van der Waals surface area (Å²) >= 11 is 3.38. The molecule has 1 aliphatic rings. The van der Waals surface area contributed by atoms with E-state index in [1.807, 2.05) is 24.3 Å². The molecule has 1 aromatic carbocycles. The molecule has 0 saturated carbocycles. The first-order chi connectivity index (χ1) is 9.25. The van der Waals surface area contributed by atoms with Gasteiger partial charge < -0.3 is 10.2 Å². The lowest BCUT2D eigenvalue weighted by Crippen LogP contribution is -2.33. The Balaban J connectivity index is 1.66. The monoisotopic (exact) mass is 324 g/mol. The molecule has 104 valence electrons. The van der Waals surface area contributed by atoms with E-state index < -0.39 is 0 Å². The van der Waals surface area contributed by atoms with Crippen molar-refractivity contribution in [2.24, 2.45) is 0 Å². The van der Waals surface area contributed by atoms with Crippen molar-refractivity contribution >= 4 is 21.8 Å². The van der Waals surface area contributed by atoms with Crippen molar-refractivity contribution in [2.45, 2.75) is 25.7 Å². The van der Waals surface area contributed by atoms with E-state index in [-0.39, 0.29) is 5.91 Å². The number of benzene rings is 1. The van der Waals surface area contributed by atoms with Gasteiger partial charge in [0.25, 0.3) is 5.91 Å². The van der Waals surface area contributed by atoms with E-state index in [1.54, 1.807) is 0 Å². The standard InChI is InChI=1S/C15H21BrN2O/c16-14-7-4-6-13(12-14)15(19)17-8-5-11-18-9-2-1-3-10-18/h4,6-7,12H,1-3,5,8-11H2,(H,17,19). The molecule has 0 radical (unpaired) electrons. The molecule has 1 aliphatic heterocycles. The molecule has 1 fully saturated rings. The molecule has 1 heterocycles. The molecule has 1 amide bonds. The van der Waals surface area contributed by atoms with E-state index in [2.05, 4.69) is 26.1 Å². The van der Waals surface area contributed by atoms with Gasteiger partial charge >= 0.3 is 0 Å². The van der Waals surface area contributed by atoms with Crippen molar-refractivity contribution < 1.29 is 4.79 Å². The summed E-state index contributed by atoms with van der Waals surface area (Å²) in [7, 11) is 0. The van der Waals surface area contributed by atoms with Gasteiger partial charge in [-0.15, -0.1) is 0 Å². The van der Waals surface area contributed by atoms with Crippen molar-refractivity contribution in [1.82, 2.24) is 10.2 Å². The van der Waals surface area contributed by atoms with Gasteiger partial charge in [0.15, 0.2) is 0 Å². The summed E-state index contributed by atoms with van der Waals surface area (Å²) in [5.74, 6) is 0.0138. The van der Waals surface area contributed by atoms with Crippen molar-refractivity contribution in [3.05, 3.63) is 34.3 Å². The Morgan fingerprint density at radius 3 is 2.79 bits per heavy atom. The van der Waals surface area contributed by atoms with Crippen LogP contribution in [0.1, 0.15) is 36.0 Å². The minimum absolute atomic E-state index is 0.0138. The lowest BCUT2D eigenvalue weighted by atomic mass is 10.1. The van der Waals surface area contributed by atoms with Gasteiger partial charge in [-0.25, -0.2) is 0 Å². The molecule has 2 rings (SSSR count). The van der Waals surface area contributed by atoms with Crippen LogP contribution < -0.4 is 5.32 Å². The van der Waals surface area contributed by atoms with Crippen LogP contribution in [0.15, 0.2) is 28.7 Å². The molecule has 1 N–H and O–H groups in total. The SMILES string of the molecule is O=C(NCCCN1CCCCC1)c1cccc(Br)c1. The average Bonchev–Trinajstić information content (AvgIpc) is 2.44. The number of halogens is 1. The zero-order chi connectivity index (χ0) is 13.5. The zero-order valence-electron chi connectivity index (χ0n) is 11.2. The number of nitrogens with zero attached hydrogens (tertiary/aromatic N) is 1. The average molecular weight is 325 g/mol. The summed E-state index contributed by atoms with van der Waals surface area (Å²) < 4.78 is 0.938. The minimum Gasteiger partial charge on any atom is -0.352 e. The van der Waals surface area contributed by atoms with Crippen LogP contribution in [0, 0.1) is 0 Å². The van der Waals surface area contributed by atoms with E-state index in [9.17, 15) is 4.79 Å². The highest BCUT2D eigenvalue weighted by Crippen LogP contribution is 2.11. The van der Waals surface area contributed by atoms with E-state index in [0.29, 0.717) is 5.56 Å². The number of carbonyl (C=O) groups excluding carboxylic acids is 1. The maximum Gasteiger partial charge on any atom is 0.251 e. The Bertz CT molecular complexity index is 416. The number of rotatable bonds is 5. The van der Waals surface area contributed by atoms with Crippen LogP contribution in [0.25, 0.3) is 0 Å². The summed E-state index contributed by atoms with van der Waals surface area (Å²) in [6, 6.07) is 7.49. The highest BCUT2D eigenvalue weighted by Gasteiger charge is 2.09. The van der Waals surface area contributed by atoms with Gasteiger partial charge in [-0.2, -0.15) is 0 Å². The Labute approximate surface area is 123 Å². The second-order valence-corrected chi connectivity index (χ2v) is 5.94. The van der Waals surface area contributed by atoms with Gasteiger partial charge in [0, 0.05) is 16.6 Å². The first-order valence-corrected chi connectivity index (χ1v) is 7.81. The topological polar surface area (TPSA) is 32.3 Å². The van der Waals surface area contributed by atoms with E-state index in [1.165, 1.54) is 32.4 Å². The van der Waals surface area contributed by atoms with Crippen molar-refractivity contribution in [3.8, 4) is 0 Å². The summed E-state index contributed by atoms with van der Waals surface area (Å²) in [5, 5.41) is 2.98. The van der Waals surface area contributed by atoms with Crippen molar-refractivity contribution in [3.63, 3.8) is 0 Å². The molecule has 0 spiro atoms. The molecular formula is C15H21BrN2O. The Morgan fingerprint density at radius 2 is 2.05 bits per heavy atom. The van der Waals surface area contributed by atoms with Gasteiger partial charge in [0.05, 0.1) is 0 Å². The second kappa shape index (κ2) is 7.65. The molecule has 3 nitrogen and oxygen atoms in total. The summed E-state index contributed by atoms with van der Waals surface area (Å²) in [4.78, 5) is 14.4. The third-order valence-electron chi connectivity index (χ3n) is 3.47. The lowest BCUT2D eigenvalue weighted by Gasteiger charge is -2.26. The minimum atomic E-state index is 0.0138. The molecule has 1 saturated heterocycles. The van der Waals surface area contributed by atoms with Crippen LogP contribution in [0.5, 0.6) is 0 Å². The predicted molar refractivity (Wildman–Crippen MR) is 81.4 cm³/mol. The fourth-order valence-corrected chi connectivity index (χ4v) is 2.82. The molecular weight excluding hydrogens is 304 g/mol. The normalized spacial score (nSPS) is 16.3. The molecule has 4 heteroatoms. The number of hydrogen-bond acceptors (Lipinski definition) is 2. The Morgan fingerprint density at radius 1 is 1.26 bits per heavy atom. The number of hydrogen-bond donors (Lipinski definition) is 1. The van der Waals surface area contributed by atoms with Crippen LogP contribution >= 0.6 is 15.9 Å². The fourth-order valence-electron chi connectivity index (χ4n) is 2.42. The summed E-state index contributed by atoms with van der Waals surface area (Å²) in [6.07, 6.45) is 5.05. The summed E-state index contributed by atoms with van der Waals surface area (Å²) in [5.41, 5.74) is 0.715. The largest absolute Gasteiger partial charge is 0.352 e. The predicted octanol–water partition coefficient (Wildman–Crippen LogP) is 3.05. The Kier molecular flexibility index (Phi) is 5.86. The summed E-state index contributed by atoms with van der Waals surface area (Å²) in [6.45, 7) is 4.29. The van der Waals surface area contributed by atoms with Crippen LogP contribution in [0.4, 0.5) is 0 Å². The van der Waals surface area contributed by atoms with Crippen LogP contribution in [0.2, 0.25) is 0 Å². The fraction of sp³-hybridized carbons (Fsp3) is 0.533. The first-order valence-electron chi connectivity index (χ1n) is 7.02. The molecule has 0 aromatic heterocycles. The second-order valence-electron chi connectivity index (χ2n) is 5.02.